The summed E-state index contributed by atoms with van der Waals surface area (Å²) in [5, 5.41) is 10.2. The van der Waals surface area contributed by atoms with Gasteiger partial charge in [-0.2, -0.15) is 0 Å². The summed E-state index contributed by atoms with van der Waals surface area (Å²) >= 11 is 0. The standard InChI is InChI=1S/C26H40N2O8/c1-3-5-6-7-8-9-10-11-12-13-14-15-16-17-20(29)22-23(30)21(36-24(22)31)18-35-26(33)28-19-27-25(32)34-4-2/h21,30H,3-18H2,1-2H3/t21-/m1/s1. The van der Waals surface area contributed by atoms with Gasteiger partial charge in [0, 0.05) is 6.42 Å². The van der Waals surface area contributed by atoms with Gasteiger partial charge in [0.2, 0.25) is 0 Å². The number of rotatable bonds is 18. The maximum atomic E-state index is 12.4. The zero-order valence-electron chi connectivity index (χ0n) is 21.6. The molecule has 1 N–H and O–H groups in total. The van der Waals surface area contributed by atoms with Crippen molar-refractivity contribution in [3.63, 3.8) is 0 Å². The van der Waals surface area contributed by atoms with E-state index in [1.54, 1.807) is 6.92 Å². The number of carbonyl (C=O) groups excluding carboxylic acids is 4. The van der Waals surface area contributed by atoms with Crippen LogP contribution in [0.5, 0.6) is 0 Å². The number of aliphatic hydroxyl groups excluding tert-OH is 1. The van der Waals surface area contributed by atoms with Gasteiger partial charge in [-0.3, -0.25) is 4.79 Å². The number of nitrogens with zero attached hydrogens (tertiary/aromatic N) is 2. The summed E-state index contributed by atoms with van der Waals surface area (Å²) in [6.45, 7) is 3.37. The minimum absolute atomic E-state index is 0.105. The SMILES string of the molecule is CCCCCCCCCCCCCCCC(=O)C1=C(O)[C@@H](COC(=O)N=C=NC(=O)OCC)OC1=O. The third-order valence-electron chi connectivity index (χ3n) is 5.71. The molecular formula is C26H40N2O8. The summed E-state index contributed by atoms with van der Waals surface area (Å²) < 4.78 is 14.2. The number of cyclic esters (lactones) is 1. The van der Waals surface area contributed by atoms with E-state index in [0.717, 1.165) is 19.3 Å². The van der Waals surface area contributed by atoms with E-state index in [1.165, 1.54) is 57.8 Å². The van der Waals surface area contributed by atoms with Gasteiger partial charge in [0.05, 0.1) is 6.61 Å². The quantitative estimate of drug-likeness (QED) is 0.0754. The predicted molar refractivity (Wildman–Crippen MR) is 133 cm³/mol. The Hall–Kier alpha value is -3.00. The third-order valence-corrected chi connectivity index (χ3v) is 5.71. The summed E-state index contributed by atoms with van der Waals surface area (Å²) in [5.74, 6) is -1.99. The van der Waals surface area contributed by atoms with Crippen LogP contribution in [0.25, 0.3) is 0 Å². The van der Waals surface area contributed by atoms with Gasteiger partial charge in [-0.1, -0.05) is 84.0 Å². The molecule has 0 aromatic rings. The number of ether oxygens (including phenoxy) is 3. The van der Waals surface area contributed by atoms with Crippen molar-refractivity contribution < 1.29 is 38.5 Å². The van der Waals surface area contributed by atoms with E-state index in [4.69, 9.17) is 9.47 Å². The van der Waals surface area contributed by atoms with E-state index in [2.05, 4.69) is 21.6 Å². The molecule has 1 atom stereocenters. The molecule has 1 aliphatic rings. The lowest BCUT2D eigenvalue weighted by Crippen LogP contribution is -2.20. The largest absolute Gasteiger partial charge is 0.507 e. The molecule has 0 unspecified atom stereocenters. The Balaban J connectivity index is 2.24. The van der Waals surface area contributed by atoms with Crippen LogP contribution in [0, 0.1) is 0 Å². The zero-order chi connectivity index (χ0) is 26.6. The van der Waals surface area contributed by atoms with Crippen LogP contribution in [-0.2, 0) is 23.8 Å². The number of Topliss-reactive ketones (excluding diaryl/α,β-unsaturated/α-hetero) is 1. The molecule has 0 aliphatic carbocycles. The second kappa shape index (κ2) is 19.2. The van der Waals surface area contributed by atoms with Gasteiger partial charge in [-0.15, -0.1) is 9.98 Å². The zero-order valence-corrected chi connectivity index (χ0v) is 21.6. The number of aliphatic hydroxyl groups is 1. The lowest BCUT2D eigenvalue weighted by molar-refractivity contribution is -0.142. The average Bonchev–Trinajstić information content (AvgIpc) is 3.13. The predicted octanol–water partition coefficient (Wildman–Crippen LogP) is 6.24. The van der Waals surface area contributed by atoms with E-state index >= 15 is 0 Å². The summed E-state index contributed by atoms with van der Waals surface area (Å²) in [5.41, 5.74) is -0.401. The smallest absolute Gasteiger partial charge is 0.443 e. The maximum Gasteiger partial charge on any atom is 0.443 e. The number of unbranched alkanes of at least 4 members (excludes halogenated alkanes) is 12. The molecule has 0 bridgehead atoms. The topological polar surface area (TPSA) is 141 Å². The Morgan fingerprint density at radius 2 is 1.33 bits per heavy atom. The van der Waals surface area contributed by atoms with Gasteiger partial charge in [-0.25, -0.2) is 14.4 Å². The molecule has 36 heavy (non-hydrogen) atoms. The van der Waals surface area contributed by atoms with Crippen LogP contribution in [0.4, 0.5) is 9.59 Å². The summed E-state index contributed by atoms with van der Waals surface area (Å²) in [6, 6.07) is 1.82. The Morgan fingerprint density at radius 3 is 1.86 bits per heavy atom. The van der Waals surface area contributed by atoms with Crippen LogP contribution < -0.4 is 0 Å². The molecule has 10 heteroatoms. The monoisotopic (exact) mass is 508 g/mol. The van der Waals surface area contributed by atoms with Gasteiger partial charge >= 0.3 is 18.2 Å². The summed E-state index contributed by atoms with van der Waals surface area (Å²) in [6.07, 6.45) is 12.0. The highest BCUT2D eigenvalue weighted by atomic mass is 16.6. The van der Waals surface area contributed by atoms with Crippen LogP contribution in [0.3, 0.4) is 0 Å². The molecule has 0 aromatic carbocycles. The van der Waals surface area contributed by atoms with Crippen molar-refractivity contribution >= 4 is 29.9 Å². The Labute approximate surface area is 213 Å². The summed E-state index contributed by atoms with van der Waals surface area (Å²) in [4.78, 5) is 53.2. The van der Waals surface area contributed by atoms with Crippen molar-refractivity contribution in [1.82, 2.24) is 0 Å². The normalized spacial score (nSPS) is 14.7. The second-order valence-electron chi connectivity index (χ2n) is 8.67. The van der Waals surface area contributed by atoms with Crippen molar-refractivity contribution in [3.8, 4) is 0 Å². The first-order valence-electron chi connectivity index (χ1n) is 13.1. The van der Waals surface area contributed by atoms with Crippen molar-refractivity contribution in [2.75, 3.05) is 13.2 Å². The fraction of sp³-hybridized carbons (Fsp3) is 0.731. The molecule has 0 aromatic heterocycles. The van der Waals surface area contributed by atoms with Crippen molar-refractivity contribution in [3.05, 3.63) is 11.3 Å². The van der Waals surface area contributed by atoms with Crippen molar-refractivity contribution in [2.45, 2.75) is 110 Å². The summed E-state index contributed by atoms with van der Waals surface area (Å²) in [7, 11) is 0. The highest BCUT2D eigenvalue weighted by molar-refractivity contribution is 6.19. The molecule has 0 saturated carbocycles. The van der Waals surface area contributed by atoms with Gasteiger partial charge in [0.25, 0.3) is 0 Å². The number of hydrogen-bond acceptors (Lipinski definition) is 8. The maximum absolute atomic E-state index is 12.4. The fourth-order valence-corrected chi connectivity index (χ4v) is 3.75. The molecule has 0 saturated heterocycles. The number of hydrogen-bond donors (Lipinski definition) is 1. The van der Waals surface area contributed by atoms with Crippen LogP contribution in [0.2, 0.25) is 0 Å². The lowest BCUT2D eigenvalue weighted by Gasteiger charge is -2.08. The van der Waals surface area contributed by atoms with E-state index in [1.807, 2.05) is 6.01 Å². The first kappa shape index (κ1) is 31.0. The first-order chi connectivity index (χ1) is 17.4. The number of amides is 2. The molecular weight excluding hydrogens is 468 g/mol. The van der Waals surface area contributed by atoms with Crippen molar-refractivity contribution in [2.24, 2.45) is 9.98 Å². The van der Waals surface area contributed by atoms with Gasteiger partial charge in [0.15, 0.2) is 17.6 Å². The molecule has 1 heterocycles. The van der Waals surface area contributed by atoms with E-state index in [9.17, 15) is 24.3 Å². The van der Waals surface area contributed by atoms with E-state index < -0.39 is 48.0 Å². The van der Waals surface area contributed by atoms with Crippen LogP contribution >= 0.6 is 0 Å². The molecule has 0 radical (unpaired) electrons. The van der Waals surface area contributed by atoms with Crippen LogP contribution in [-0.4, -0.2) is 54.4 Å². The Kier molecular flexibility index (Phi) is 16.6. The molecule has 1 aliphatic heterocycles. The highest BCUT2D eigenvalue weighted by Crippen LogP contribution is 2.24. The Morgan fingerprint density at radius 1 is 0.833 bits per heavy atom. The van der Waals surface area contributed by atoms with Crippen molar-refractivity contribution in [1.29, 1.82) is 0 Å². The fourth-order valence-electron chi connectivity index (χ4n) is 3.75. The molecule has 0 fully saturated rings. The number of ketones is 1. The average molecular weight is 509 g/mol. The van der Waals surface area contributed by atoms with Gasteiger partial charge < -0.3 is 19.3 Å². The lowest BCUT2D eigenvalue weighted by atomic mass is 10.0. The highest BCUT2D eigenvalue weighted by Gasteiger charge is 2.38. The molecule has 0 spiro atoms. The van der Waals surface area contributed by atoms with E-state index in [0.29, 0.717) is 6.42 Å². The second-order valence-corrected chi connectivity index (χ2v) is 8.67. The number of carbonyl (C=O) groups is 4. The first-order valence-corrected chi connectivity index (χ1v) is 13.1. The molecule has 202 valence electrons. The third kappa shape index (κ3) is 13.2. The number of esters is 1. The van der Waals surface area contributed by atoms with Crippen LogP contribution in [0.1, 0.15) is 104 Å². The van der Waals surface area contributed by atoms with Gasteiger partial charge in [-0.05, 0) is 13.3 Å². The number of aliphatic imine (C=N–C) groups is 2. The minimum atomic E-state index is -1.29. The molecule has 1 rings (SSSR count). The molecule has 10 nitrogen and oxygen atoms in total. The Bertz CT molecular complexity index is 815. The molecule has 2 amide bonds. The van der Waals surface area contributed by atoms with Gasteiger partial charge in [0.1, 0.15) is 18.2 Å². The van der Waals surface area contributed by atoms with Crippen LogP contribution in [0.15, 0.2) is 21.3 Å². The van der Waals surface area contributed by atoms with E-state index in [-0.39, 0.29) is 13.0 Å². The minimum Gasteiger partial charge on any atom is -0.507 e.